The lowest BCUT2D eigenvalue weighted by Gasteiger charge is -2.34. The number of piperidine rings is 2. The summed E-state index contributed by atoms with van der Waals surface area (Å²) in [5.74, 6) is 1.98. The van der Waals surface area contributed by atoms with Crippen LogP contribution in [0.15, 0.2) is 0 Å². The van der Waals surface area contributed by atoms with E-state index in [0.29, 0.717) is 0 Å². The van der Waals surface area contributed by atoms with Crippen LogP contribution in [-0.4, -0.2) is 49.1 Å². The fourth-order valence-corrected chi connectivity index (χ4v) is 3.24. The third-order valence-corrected chi connectivity index (χ3v) is 4.88. The van der Waals surface area contributed by atoms with Crippen molar-refractivity contribution in [3.8, 4) is 0 Å². The predicted molar refractivity (Wildman–Crippen MR) is 74.3 cm³/mol. The molecule has 0 amide bonds. The van der Waals surface area contributed by atoms with Crippen molar-refractivity contribution >= 4 is 0 Å². The summed E-state index contributed by atoms with van der Waals surface area (Å²) in [7, 11) is 0. The summed E-state index contributed by atoms with van der Waals surface area (Å²) in [5, 5.41) is 0. The van der Waals surface area contributed by atoms with E-state index in [-0.39, 0.29) is 0 Å². The summed E-state index contributed by atoms with van der Waals surface area (Å²) < 4.78 is 0. The number of rotatable bonds is 4. The molecule has 0 spiro atoms. The van der Waals surface area contributed by atoms with E-state index in [1.807, 2.05) is 0 Å². The molecule has 2 saturated heterocycles. The Morgan fingerprint density at radius 1 is 0.882 bits per heavy atom. The molecule has 0 unspecified atom stereocenters. The number of hydrogen-bond donors (Lipinski definition) is 0. The number of nitrogens with zero attached hydrogens (tertiary/aromatic N) is 2. The van der Waals surface area contributed by atoms with Gasteiger partial charge in [0.2, 0.25) is 0 Å². The number of hydrogen-bond acceptors (Lipinski definition) is 2. The van der Waals surface area contributed by atoms with E-state index in [0.717, 1.165) is 11.8 Å². The Kier molecular flexibility index (Phi) is 5.30. The first-order valence-corrected chi connectivity index (χ1v) is 7.72. The SMILES string of the molecule is CCN1CCC(CCN2CCC(C)CC2)CC1. The molecular formula is C15H30N2. The van der Waals surface area contributed by atoms with Gasteiger partial charge in [-0.25, -0.2) is 0 Å². The Balaban J connectivity index is 1.59. The highest BCUT2D eigenvalue weighted by molar-refractivity contribution is 4.75. The minimum Gasteiger partial charge on any atom is -0.304 e. The second-order valence-electron chi connectivity index (χ2n) is 6.19. The highest BCUT2D eigenvalue weighted by Gasteiger charge is 2.20. The molecular weight excluding hydrogens is 208 g/mol. The van der Waals surface area contributed by atoms with Crippen molar-refractivity contribution < 1.29 is 0 Å². The van der Waals surface area contributed by atoms with Crippen molar-refractivity contribution in [1.29, 1.82) is 0 Å². The lowest BCUT2D eigenvalue weighted by atomic mass is 9.92. The zero-order valence-corrected chi connectivity index (χ0v) is 11.8. The van der Waals surface area contributed by atoms with Crippen LogP contribution in [0.2, 0.25) is 0 Å². The van der Waals surface area contributed by atoms with Gasteiger partial charge in [0.15, 0.2) is 0 Å². The monoisotopic (exact) mass is 238 g/mol. The molecule has 2 aliphatic heterocycles. The fourth-order valence-electron chi connectivity index (χ4n) is 3.24. The normalized spacial score (nSPS) is 26.5. The molecule has 0 saturated carbocycles. The summed E-state index contributed by atoms with van der Waals surface area (Å²) in [6.07, 6.45) is 7.19. The van der Waals surface area contributed by atoms with E-state index >= 15 is 0 Å². The van der Waals surface area contributed by atoms with Gasteiger partial charge in [-0.05, 0) is 83.2 Å². The van der Waals surface area contributed by atoms with Crippen LogP contribution in [0.4, 0.5) is 0 Å². The summed E-state index contributed by atoms with van der Waals surface area (Å²) in [5.41, 5.74) is 0. The molecule has 2 rings (SSSR count). The molecule has 0 N–H and O–H groups in total. The van der Waals surface area contributed by atoms with Gasteiger partial charge in [0, 0.05) is 0 Å². The van der Waals surface area contributed by atoms with Crippen LogP contribution >= 0.6 is 0 Å². The predicted octanol–water partition coefficient (Wildman–Crippen LogP) is 2.84. The minimum absolute atomic E-state index is 0.971. The second-order valence-corrected chi connectivity index (χ2v) is 6.19. The van der Waals surface area contributed by atoms with Crippen LogP contribution in [0, 0.1) is 11.8 Å². The van der Waals surface area contributed by atoms with Gasteiger partial charge in [0.05, 0.1) is 0 Å². The lowest BCUT2D eigenvalue weighted by molar-refractivity contribution is 0.149. The zero-order valence-electron chi connectivity index (χ0n) is 11.8. The first-order chi connectivity index (χ1) is 8.28. The first kappa shape index (κ1) is 13.4. The molecule has 2 heteroatoms. The Hall–Kier alpha value is -0.0800. The average Bonchev–Trinajstić information content (AvgIpc) is 2.39. The largest absolute Gasteiger partial charge is 0.304 e. The van der Waals surface area contributed by atoms with Crippen LogP contribution in [0.3, 0.4) is 0 Å². The highest BCUT2D eigenvalue weighted by Crippen LogP contribution is 2.22. The van der Waals surface area contributed by atoms with Crippen molar-refractivity contribution in [3.63, 3.8) is 0 Å². The lowest BCUT2D eigenvalue weighted by Crippen LogP contribution is -2.37. The Morgan fingerprint density at radius 2 is 1.47 bits per heavy atom. The Bertz CT molecular complexity index is 201. The molecule has 100 valence electrons. The molecule has 2 aliphatic rings. The van der Waals surface area contributed by atoms with Gasteiger partial charge in [-0.2, -0.15) is 0 Å². The van der Waals surface area contributed by atoms with Gasteiger partial charge in [-0.15, -0.1) is 0 Å². The average molecular weight is 238 g/mol. The standard InChI is InChI=1S/C15H30N2/c1-3-16-11-6-15(7-12-16)8-13-17-9-4-14(2)5-10-17/h14-15H,3-13H2,1-2H3. The molecule has 0 aromatic heterocycles. The van der Waals surface area contributed by atoms with E-state index in [1.165, 1.54) is 71.4 Å². The smallest absolute Gasteiger partial charge is 0.00161 e. The highest BCUT2D eigenvalue weighted by atomic mass is 15.1. The van der Waals surface area contributed by atoms with Crippen LogP contribution < -0.4 is 0 Å². The van der Waals surface area contributed by atoms with Crippen LogP contribution in [0.25, 0.3) is 0 Å². The molecule has 0 aromatic rings. The van der Waals surface area contributed by atoms with E-state index in [2.05, 4.69) is 23.6 Å². The van der Waals surface area contributed by atoms with Gasteiger partial charge >= 0.3 is 0 Å². The quantitative estimate of drug-likeness (QED) is 0.743. The summed E-state index contributed by atoms with van der Waals surface area (Å²) >= 11 is 0. The third-order valence-electron chi connectivity index (χ3n) is 4.88. The van der Waals surface area contributed by atoms with E-state index in [4.69, 9.17) is 0 Å². The van der Waals surface area contributed by atoms with Gasteiger partial charge in [-0.3, -0.25) is 0 Å². The van der Waals surface area contributed by atoms with Crippen LogP contribution in [0.1, 0.15) is 46.0 Å². The Morgan fingerprint density at radius 3 is 2.06 bits per heavy atom. The van der Waals surface area contributed by atoms with Gasteiger partial charge in [-0.1, -0.05) is 13.8 Å². The minimum atomic E-state index is 0.971. The van der Waals surface area contributed by atoms with E-state index < -0.39 is 0 Å². The van der Waals surface area contributed by atoms with E-state index in [9.17, 15) is 0 Å². The topological polar surface area (TPSA) is 6.48 Å². The maximum Gasteiger partial charge on any atom is -0.00161 e. The molecule has 2 heterocycles. The molecule has 0 radical (unpaired) electrons. The molecule has 0 bridgehead atoms. The fraction of sp³-hybridized carbons (Fsp3) is 1.00. The van der Waals surface area contributed by atoms with Crippen molar-refractivity contribution in [2.45, 2.75) is 46.0 Å². The molecule has 0 aromatic carbocycles. The molecule has 17 heavy (non-hydrogen) atoms. The molecule has 0 aliphatic carbocycles. The van der Waals surface area contributed by atoms with Crippen molar-refractivity contribution in [2.24, 2.45) is 11.8 Å². The van der Waals surface area contributed by atoms with Crippen LogP contribution in [0.5, 0.6) is 0 Å². The maximum absolute atomic E-state index is 2.70. The van der Waals surface area contributed by atoms with Gasteiger partial charge in [0.1, 0.15) is 0 Å². The maximum atomic E-state index is 2.70. The van der Waals surface area contributed by atoms with Crippen molar-refractivity contribution in [1.82, 2.24) is 9.80 Å². The summed E-state index contributed by atoms with van der Waals surface area (Å²) in [4.78, 5) is 5.30. The third kappa shape index (κ3) is 4.26. The van der Waals surface area contributed by atoms with E-state index in [1.54, 1.807) is 0 Å². The summed E-state index contributed by atoms with van der Waals surface area (Å²) in [6, 6.07) is 0. The van der Waals surface area contributed by atoms with Crippen molar-refractivity contribution in [2.75, 3.05) is 39.3 Å². The first-order valence-electron chi connectivity index (χ1n) is 7.72. The van der Waals surface area contributed by atoms with Gasteiger partial charge < -0.3 is 9.80 Å². The molecule has 2 nitrogen and oxygen atoms in total. The Labute approximate surface area is 107 Å². The van der Waals surface area contributed by atoms with Gasteiger partial charge in [0.25, 0.3) is 0 Å². The van der Waals surface area contributed by atoms with Crippen LogP contribution in [-0.2, 0) is 0 Å². The number of likely N-dealkylation sites (tertiary alicyclic amines) is 2. The van der Waals surface area contributed by atoms with Crippen molar-refractivity contribution in [3.05, 3.63) is 0 Å². The summed E-state index contributed by atoms with van der Waals surface area (Å²) in [6.45, 7) is 12.7. The molecule has 2 fully saturated rings. The molecule has 0 atom stereocenters. The second kappa shape index (κ2) is 6.75. The zero-order chi connectivity index (χ0) is 12.1.